The van der Waals surface area contributed by atoms with Gasteiger partial charge in [0.2, 0.25) is 11.7 Å². The molecule has 7 nitrogen and oxygen atoms in total. The molecule has 0 radical (unpaired) electrons. The highest BCUT2D eigenvalue weighted by atomic mass is 16.5. The van der Waals surface area contributed by atoms with Crippen LogP contribution in [0, 0.1) is 13.8 Å². The topological polar surface area (TPSA) is 77.7 Å². The van der Waals surface area contributed by atoms with Crippen molar-refractivity contribution in [2.45, 2.75) is 39.8 Å². The van der Waals surface area contributed by atoms with E-state index >= 15 is 0 Å². The number of ether oxygens (including phenoxy) is 2. The van der Waals surface area contributed by atoms with Crippen molar-refractivity contribution in [2.24, 2.45) is 0 Å². The lowest BCUT2D eigenvalue weighted by Gasteiger charge is -2.23. The largest absolute Gasteiger partial charge is 0.497 e. The van der Waals surface area contributed by atoms with Crippen LogP contribution in [0.25, 0.3) is 11.4 Å². The molecule has 30 heavy (non-hydrogen) atoms. The van der Waals surface area contributed by atoms with Gasteiger partial charge in [0.25, 0.3) is 5.91 Å². The molecule has 1 atom stereocenters. The van der Waals surface area contributed by atoms with Gasteiger partial charge in [0.1, 0.15) is 11.5 Å². The lowest BCUT2D eigenvalue weighted by Crippen LogP contribution is -2.39. The molecular weight excluding hydrogens is 382 g/mol. The van der Waals surface area contributed by atoms with Crippen molar-refractivity contribution in [2.75, 3.05) is 14.2 Å². The van der Waals surface area contributed by atoms with E-state index in [2.05, 4.69) is 10.1 Å². The van der Waals surface area contributed by atoms with Crippen LogP contribution in [0.1, 0.15) is 30.4 Å². The highest BCUT2D eigenvalue weighted by Crippen LogP contribution is 2.23. The zero-order chi connectivity index (χ0) is 21.7. The maximum Gasteiger partial charge on any atom is 0.263 e. The normalized spacial score (nSPS) is 11.8. The molecule has 0 saturated heterocycles. The third kappa shape index (κ3) is 4.97. The van der Waals surface area contributed by atoms with Gasteiger partial charge in [-0.25, -0.2) is 0 Å². The molecule has 1 aromatic heterocycles. The van der Waals surface area contributed by atoms with Gasteiger partial charge in [-0.2, -0.15) is 4.98 Å². The number of methoxy groups -OCH3 is 1. The SMILES string of the molecule is CCC(Oc1ccc(C)cc1C)C(=O)N(C)Cc1nc(-c2cccc(OC)c2)no1. The molecule has 1 unspecified atom stereocenters. The minimum absolute atomic E-state index is 0.140. The van der Waals surface area contributed by atoms with Gasteiger partial charge in [-0.15, -0.1) is 0 Å². The predicted molar refractivity (Wildman–Crippen MR) is 113 cm³/mol. The molecule has 0 spiro atoms. The minimum Gasteiger partial charge on any atom is -0.497 e. The second kappa shape index (κ2) is 9.43. The smallest absolute Gasteiger partial charge is 0.263 e. The van der Waals surface area contributed by atoms with Gasteiger partial charge in [-0.3, -0.25) is 4.79 Å². The Kier molecular flexibility index (Phi) is 6.72. The van der Waals surface area contributed by atoms with E-state index in [1.807, 2.05) is 63.2 Å². The quantitative estimate of drug-likeness (QED) is 0.555. The fourth-order valence-corrected chi connectivity index (χ4v) is 3.12. The zero-order valence-corrected chi connectivity index (χ0v) is 18.0. The summed E-state index contributed by atoms with van der Waals surface area (Å²) in [4.78, 5) is 18.9. The number of hydrogen-bond acceptors (Lipinski definition) is 6. The van der Waals surface area contributed by atoms with Gasteiger partial charge in [0.05, 0.1) is 13.7 Å². The average molecular weight is 409 g/mol. The molecule has 3 aromatic rings. The van der Waals surface area contributed by atoms with E-state index in [-0.39, 0.29) is 12.5 Å². The van der Waals surface area contributed by atoms with Gasteiger partial charge < -0.3 is 18.9 Å². The number of rotatable bonds is 8. The van der Waals surface area contributed by atoms with Crippen LogP contribution in [0.2, 0.25) is 0 Å². The first kappa shape index (κ1) is 21.4. The molecule has 1 amide bonds. The van der Waals surface area contributed by atoms with Crippen LogP contribution in [0.3, 0.4) is 0 Å². The van der Waals surface area contributed by atoms with Crippen molar-refractivity contribution in [3.8, 4) is 22.9 Å². The third-order valence-electron chi connectivity index (χ3n) is 4.79. The zero-order valence-electron chi connectivity index (χ0n) is 18.0. The first-order valence-corrected chi connectivity index (χ1v) is 9.87. The van der Waals surface area contributed by atoms with Crippen LogP contribution in [0.15, 0.2) is 47.0 Å². The van der Waals surface area contributed by atoms with Gasteiger partial charge >= 0.3 is 0 Å². The molecule has 0 aliphatic rings. The number of aromatic nitrogens is 2. The third-order valence-corrected chi connectivity index (χ3v) is 4.79. The Hall–Kier alpha value is -3.35. The summed E-state index contributed by atoms with van der Waals surface area (Å²) >= 11 is 0. The monoisotopic (exact) mass is 409 g/mol. The highest BCUT2D eigenvalue weighted by molar-refractivity contribution is 5.81. The van der Waals surface area contributed by atoms with Crippen molar-refractivity contribution in [3.05, 3.63) is 59.5 Å². The Bertz CT molecular complexity index is 1020. The van der Waals surface area contributed by atoms with Crippen LogP contribution in [0.5, 0.6) is 11.5 Å². The number of amides is 1. The molecule has 0 aliphatic carbocycles. The van der Waals surface area contributed by atoms with Gasteiger partial charge in [-0.05, 0) is 44.0 Å². The molecular formula is C23H27N3O4. The Morgan fingerprint density at radius 2 is 2.00 bits per heavy atom. The molecule has 3 rings (SSSR count). The fraction of sp³-hybridized carbons (Fsp3) is 0.348. The van der Waals surface area contributed by atoms with Crippen molar-refractivity contribution in [1.82, 2.24) is 15.0 Å². The molecule has 2 aromatic carbocycles. The highest BCUT2D eigenvalue weighted by Gasteiger charge is 2.24. The summed E-state index contributed by atoms with van der Waals surface area (Å²) < 4.78 is 16.6. The van der Waals surface area contributed by atoms with Crippen LogP contribution >= 0.6 is 0 Å². The van der Waals surface area contributed by atoms with Crippen LogP contribution in [-0.4, -0.2) is 41.2 Å². The van der Waals surface area contributed by atoms with E-state index in [9.17, 15) is 4.79 Å². The number of carbonyl (C=O) groups excluding carboxylic acids is 1. The molecule has 0 saturated carbocycles. The van der Waals surface area contributed by atoms with Crippen LogP contribution in [-0.2, 0) is 11.3 Å². The molecule has 0 bridgehead atoms. The summed E-state index contributed by atoms with van der Waals surface area (Å²) in [5.41, 5.74) is 2.94. The Balaban J connectivity index is 1.67. The molecule has 0 fully saturated rings. The number of likely N-dealkylation sites (N-methyl/N-ethyl adjacent to an activating group) is 1. The standard InChI is InChI=1S/C23H27N3O4/c1-6-19(29-20-11-10-15(2)12-16(20)3)23(27)26(4)14-21-24-22(25-30-21)17-8-7-9-18(13-17)28-5/h7-13,19H,6,14H2,1-5H3. The van der Waals surface area contributed by atoms with E-state index < -0.39 is 6.10 Å². The van der Waals surface area contributed by atoms with E-state index in [1.54, 1.807) is 19.1 Å². The number of aryl methyl sites for hydroxylation is 2. The summed E-state index contributed by atoms with van der Waals surface area (Å²) in [6.07, 6.45) is -0.0350. The second-order valence-corrected chi connectivity index (χ2v) is 7.22. The van der Waals surface area contributed by atoms with Crippen LogP contribution in [0.4, 0.5) is 0 Å². The van der Waals surface area contributed by atoms with Gasteiger partial charge in [0, 0.05) is 12.6 Å². The number of benzene rings is 2. The average Bonchev–Trinajstić information content (AvgIpc) is 3.21. The lowest BCUT2D eigenvalue weighted by atomic mass is 10.1. The summed E-state index contributed by atoms with van der Waals surface area (Å²) in [5, 5.41) is 4.02. The molecule has 1 heterocycles. The van der Waals surface area contributed by atoms with Gasteiger partial charge in [-0.1, -0.05) is 41.9 Å². The second-order valence-electron chi connectivity index (χ2n) is 7.22. The molecule has 0 aliphatic heterocycles. The summed E-state index contributed by atoms with van der Waals surface area (Å²) in [5.74, 6) is 2.08. The number of nitrogens with zero attached hydrogens (tertiary/aromatic N) is 3. The van der Waals surface area contributed by atoms with Crippen molar-refractivity contribution in [1.29, 1.82) is 0 Å². The first-order chi connectivity index (χ1) is 14.4. The molecule has 7 heteroatoms. The number of hydrogen-bond donors (Lipinski definition) is 0. The van der Waals surface area contributed by atoms with Crippen LogP contribution < -0.4 is 9.47 Å². The summed E-state index contributed by atoms with van der Waals surface area (Å²) in [6, 6.07) is 13.3. The fourth-order valence-electron chi connectivity index (χ4n) is 3.12. The van der Waals surface area contributed by atoms with E-state index in [1.165, 1.54) is 0 Å². The number of carbonyl (C=O) groups is 1. The van der Waals surface area contributed by atoms with E-state index in [4.69, 9.17) is 14.0 Å². The Morgan fingerprint density at radius 1 is 1.20 bits per heavy atom. The Morgan fingerprint density at radius 3 is 2.70 bits per heavy atom. The maximum absolute atomic E-state index is 12.9. The Labute approximate surface area is 176 Å². The summed E-state index contributed by atoms with van der Waals surface area (Å²) in [6.45, 7) is 6.12. The molecule has 0 N–H and O–H groups in total. The van der Waals surface area contributed by atoms with Gasteiger partial charge in [0.15, 0.2) is 6.10 Å². The maximum atomic E-state index is 12.9. The first-order valence-electron chi connectivity index (χ1n) is 9.87. The molecule has 158 valence electrons. The van der Waals surface area contributed by atoms with Crippen molar-refractivity contribution >= 4 is 5.91 Å². The lowest BCUT2D eigenvalue weighted by molar-refractivity contribution is -0.138. The van der Waals surface area contributed by atoms with E-state index in [0.717, 1.165) is 16.7 Å². The van der Waals surface area contributed by atoms with Crippen molar-refractivity contribution in [3.63, 3.8) is 0 Å². The predicted octanol–water partition coefficient (Wildman–Crippen LogP) is 4.18. The van der Waals surface area contributed by atoms with E-state index in [0.29, 0.717) is 29.6 Å². The summed E-state index contributed by atoms with van der Waals surface area (Å²) in [7, 11) is 3.30. The van der Waals surface area contributed by atoms with Crippen molar-refractivity contribution < 1.29 is 18.8 Å². The minimum atomic E-state index is -0.586.